The number of hydrogen-bond donors (Lipinski definition) is 4. The minimum absolute atomic E-state index is 0.0191. The first-order valence-electron chi connectivity index (χ1n) is 16.4. The van der Waals surface area contributed by atoms with Gasteiger partial charge in [0.2, 0.25) is 11.8 Å². The number of nitrogens with zero attached hydrogens (tertiary/aromatic N) is 2. The standard InChI is InChI=1S/C36H49F2N5O3/c1-4-11-43(12-5-2)34(45)28-15-25(3)21-36(22-28,35(39)46)32(19-27-16-29(37)20-30(38)17-27)33(44)24-41-23-26-7-6-8-31(18-26)42-13-9-40-10-14-42/h6-8,15-18,20-21,32-33,40-41,44H,4-5,9-14,19,22-24H2,1-3H3,(H2,39,46)/t32-,33+,36?/m1/s1. The van der Waals surface area contributed by atoms with Crippen molar-refractivity contribution in [2.45, 2.75) is 59.1 Å². The van der Waals surface area contributed by atoms with Crippen molar-refractivity contribution in [3.8, 4) is 0 Å². The van der Waals surface area contributed by atoms with Gasteiger partial charge in [-0.3, -0.25) is 9.59 Å². The lowest BCUT2D eigenvalue weighted by Gasteiger charge is -2.42. The molecule has 4 rings (SSSR count). The van der Waals surface area contributed by atoms with Crippen molar-refractivity contribution in [1.82, 2.24) is 15.5 Å². The third-order valence-electron chi connectivity index (χ3n) is 8.96. The van der Waals surface area contributed by atoms with Gasteiger partial charge in [-0.25, -0.2) is 8.78 Å². The van der Waals surface area contributed by atoms with Crippen LogP contribution in [0.2, 0.25) is 0 Å². The molecule has 2 aliphatic rings. The largest absolute Gasteiger partial charge is 0.391 e. The molecule has 1 aliphatic carbocycles. The molecule has 1 aliphatic heterocycles. The maximum atomic E-state index is 14.3. The van der Waals surface area contributed by atoms with E-state index in [9.17, 15) is 23.5 Å². The first-order valence-corrected chi connectivity index (χ1v) is 16.4. The second-order valence-electron chi connectivity index (χ2n) is 12.6. The number of aliphatic hydroxyl groups excluding tert-OH is 1. The van der Waals surface area contributed by atoms with E-state index in [4.69, 9.17) is 5.73 Å². The van der Waals surface area contributed by atoms with Gasteiger partial charge in [0.15, 0.2) is 0 Å². The van der Waals surface area contributed by atoms with E-state index >= 15 is 0 Å². The molecule has 0 aromatic heterocycles. The molecule has 2 amide bonds. The van der Waals surface area contributed by atoms with Crippen LogP contribution in [0.3, 0.4) is 0 Å². The lowest BCUT2D eigenvalue weighted by molar-refractivity contribution is -0.132. The van der Waals surface area contributed by atoms with Gasteiger partial charge in [-0.05, 0) is 68.0 Å². The zero-order valence-electron chi connectivity index (χ0n) is 27.3. The van der Waals surface area contributed by atoms with E-state index in [0.717, 1.165) is 56.3 Å². The minimum Gasteiger partial charge on any atom is -0.391 e. The van der Waals surface area contributed by atoms with Crippen LogP contribution in [0.4, 0.5) is 14.5 Å². The van der Waals surface area contributed by atoms with Gasteiger partial charge >= 0.3 is 0 Å². The van der Waals surface area contributed by atoms with Crippen molar-refractivity contribution < 1.29 is 23.5 Å². The fourth-order valence-electron chi connectivity index (χ4n) is 6.85. The number of carbonyl (C=O) groups excluding carboxylic acids is 2. The Balaban J connectivity index is 1.61. The number of amides is 2. The number of rotatable bonds is 15. The number of aliphatic hydroxyl groups is 1. The third kappa shape index (κ3) is 8.80. The van der Waals surface area contributed by atoms with Gasteiger partial charge in [-0.15, -0.1) is 0 Å². The lowest BCUT2D eigenvalue weighted by Crippen LogP contribution is -2.51. The van der Waals surface area contributed by atoms with Gasteiger partial charge in [0, 0.05) is 75.6 Å². The van der Waals surface area contributed by atoms with Gasteiger partial charge in [-0.2, -0.15) is 0 Å². The highest BCUT2D eigenvalue weighted by Gasteiger charge is 2.48. The van der Waals surface area contributed by atoms with Crippen molar-refractivity contribution in [2.24, 2.45) is 17.1 Å². The predicted molar refractivity (Wildman–Crippen MR) is 178 cm³/mol. The summed E-state index contributed by atoms with van der Waals surface area (Å²) >= 11 is 0. The second-order valence-corrected chi connectivity index (χ2v) is 12.6. The molecule has 46 heavy (non-hydrogen) atoms. The smallest absolute Gasteiger partial charge is 0.249 e. The predicted octanol–water partition coefficient (Wildman–Crippen LogP) is 4.08. The molecule has 0 bridgehead atoms. The molecule has 250 valence electrons. The summed E-state index contributed by atoms with van der Waals surface area (Å²) in [6.07, 6.45) is 3.87. The normalized spacial score (nSPS) is 19.7. The molecule has 0 radical (unpaired) electrons. The van der Waals surface area contributed by atoms with Gasteiger partial charge in [0.25, 0.3) is 0 Å². The molecule has 2 aromatic carbocycles. The van der Waals surface area contributed by atoms with Crippen LogP contribution in [0.1, 0.15) is 51.2 Å². The molecule has 0 spiro atoms. The van der Waals surface area contributed by atoms with E-state index in [-0.39, 0.29) is 30.9 Å². The van der Waals surface area contributed by atoms with E-state index in [1.54, 1.807) is 24.0 Å². The summed E-state index contributed by atoms with van der Waals surface area (Å²) in [6.45, 7) is 11.2. The van der Waals surface area contributed by atoms with Crippen molar-refractivity contribution in [2.75, 3.05) is 50.7 Å². The van der Waals surface area contributed by atoms with E-state index in [1.165, 1.54) is 12.1 Å². The molecular weight excluding hydrogens is 588 g/mol. The van der Waals surface area contributed by atoms with Gasteiger partial charge in [0.1, 0.15) is 11.6 Å². The highest BCUT2D eigenvalue weighted by atomic mass is 19.1. The summed E-state index contributed by atoms with van der Waals surface area (Å²) in [5.41, 5.74) is 8.24. The monoisotopic (exact) mass is 637 g/mol. The number of allylic oxidation sites excluding steroid dienone is 2. The highest BCUT2D eigenvalue weighted by Crippen LogP contribution is 2.44. The van der Waals surface area contributed by atoms with E-state index < -0.39 is 35.0 Å². The Hall–Kier alpha value is -3.60. The molecule has 5 N–H and O–H groups in total. The molecule has 3 atom stereocenters. The number of carbonyl (C=O) groups is 2. The Labute approximate surface area is 271 Å². The van der Waals surface area contributed by atoms with Crippen LogP contribution in [-0.4, -0.2) is 73.7 Å². The minimum atomic E-state index is -1.47. The molecule has 1 fully saturated rings. The Kier molecular flexibility index (Phi) is 12.5. The number of nitrogens with two attached hydrogens (primary N) is 1. The van der Waals surface area contributed by atoms with Crippen LogP contribution < -0.4 is 21.3 Å². The van der Waals surface area contributed by atoms with Crippen molar-refractivity contribution in [3.05, 3.63) is 88.5 Å². The van der Waals surface area contributed by atoms with Crippen molar-refractivity contribution in [1.29, 1.82) is 0 Å². The lowest BCUT2D eigenvalue weighted by atomic mass is 9.63. The maximum Gasteiger partial charge on any atom is 0.249 e. The summed E-state index contributed by atoms with van der Waals surface area (Å²) in [6, 6.07) is 11.4. The van der Waals surface area contributed by atoms with Gasteiger partial charge in [-0.1, -0.05) is 43.7 Å². The molecule has 8 nitrogen and oxygen atoms in total. The Morgan fingerprint density at radius 2 is 1.74 bits per heavy atom. The van der Waals surface area contributed by atoms with Crippen molar-refractivity contribution >= 4 is 17.5 Å². The number of hydrogen-bond acceptors (Lipinski definition) is 6. The van der Waals surface area contributed by atoms with Crippen LogP contribution in [0.15, 0.2) is 65.8 Å². The topological polar surface area (TPSA) is 111 Å². The number of primary amides is 1. The first kappa shape index (κ1) is 35.3. The number of piperazine rings is 1. The first-order chi connectivity index (χ1) is 22.1. The van der Waals surface area contributed by atoms with Crippen LogP contribution in [0, 0.1) is 23.0 Å². The van der Waals surface area contributed by atoms with E-state index in [2.05, 4.69) is 27.7 Å². The zero-order valence-corrected chi connectivity index (χ0v) is 27.3. The summed E-state index contributed by atoms with van der Waals surface area (Å²) in [7, 11) is 0. The summed E-state index contributed by atoms with van der Waals surface area (Å²) in [4.78, 5) is 31.3. The van der Waals surface area contributed by atoms with E-state index in [1.807, 2.05) is 26.0 Å². The summed E-state index contributed by atoms with van der Waals surface area (Å²) in [5.74, 6) is -3.26. The average molecular weight is 638 g/mol. The van der Waals surface area contributed by atoms with Gasteiger partial charge in [0.05, 0.1) is 11.5 Å². The molecule has 1 saturated heterocycles. The summed E-state index contributed by atoms with van der Waals surface area (Å²) in [5, 5.41) is 18.5. The molecule has 10 heteroatoms. The number of anilines is 1. The van der Waals surface area contributed by atoms with Crippen LogP contribution >= 0.6 is 0 Å². The molecular formula is C36H49F2N5O3. The number of halogens is 2. The molecule has 0 saturated carbocycles. The highest BCUT2D eigenvalue weighted by molar-refractivity contribution is 5.97. The zero-order chi connectivity index (χ0) is 33.3. The Bertz CT molecular complexity index is 1400. The molecule has 1 heterocycles. The third-order valence-corrected chi connectivity index (χ3v) is 8.96. The van der Waals surface area contributed by atoms with E-state index in [0.29, 0.717) is 30.8 Å². The fourth-order valence-corrected chi connectivity index (χ4v) is 6.85. The SMILES string of the molecule is CCCN(CCC)C(=O)C1=CC(C)=CC(C(N)=O)([C@H](Cc2cc(F)cc(F)c2)[C@@H](O)CNCc2cccc(N3CCNCC3)c2)C1. The summed E-state index contributed by atoms with van der Waals surface area (Å²) < 4.78 is 28.6. The maximum absolute atomic E-state index is 14.3. The Morgan fingerprint density at radius 1 is 1.07 bits per heavy atom. The second kappa shape index (κ2) is 16.3. The van der Waals surface area contributed by atoms with Gasteiger partial charge < -0.3 is 31.3 Å². The average Bonchev–Trinajstić information content (AvgIpc) is 3.03. The quantitative estimate of drug-likeness (QED) is 0.234. The fraction of sp³-hybridized carbons (Fsp3) is 0.500. The van der Waals surface area contributed by atoms with Crippen molar-refractivity contribution in [3.63, 3.8) is 0 Å². The Morgan fingerprint density at radius 3 is 2.37 bits per heavy atom. The number of nitrogens with one attached hydrogen (secondary N) is 2. The van der Waals surface area contributed by atoms with Crippen LogP contribution in [0.5, 0.6) is 0 Å². The van der Waals surface area contributed by atoms with Crippen LogP contribution in [-0.2, 0) is 22.6 Å². The molecule has 2 aromatic rings. The van der Waals surface area contributed by atoms with Crippen LogP contribution in [0.25, 0.3) is 0 Å². The number of benzene rings is 2. The molecule has 1 unspecified atom stereocenters.